The molecule has 0 spiro atoms. The Morgan fingerprint density at radius 2 is 2.05 bits per heavy atom. The Morgan fingerprint density at radius 1 is 1.25 bits per heavy atom. The molecule has 3 rings (SSSR count). The summed E-state index contributed by atoms with van der Waals surface area (Å²) >= 11 is 0. The number of hydrazine groups is 1. The zero-order valence-electron chi connectivity index (χ0n) is 11.7. The van der Waals surface area contributed by atoms with E-state index in [1.165, 1.54) is 5.69 Å². The summed E-state index contributed by atoms with van der Waals surface area (Å²) in [7, 11) is 0. The van der Waals surface area contributed by atoms with Gasteiger partial charge >= 0.3 is 0 Å². The summed E-state index contributed by atoms with van der Waals surface area (Å²) in [6.07, 6.45) is 1.98. The fourth-order valence-corrected chi connectivity index (χ4v) is 2.56. The number of hydrogen-bond donors (Lipinski definition) is 2. The standard InChI is InChI=1S/C14H21N5O/c1-12-10-19(16-20-12)11-17-5-7-18(8-6-17)14-4-2-3-13(15)9-14/h2-4,9-10,16H,5-8,11,15H2,1H3. The monoisotopic (exact) mass is 275 g/mol. The van der Waals surface area contributed by atoms with Crippen LogP contribution in [0, 0.1) is 0 Å². The quantitative estimate of drug-likeness (QED) is 0.802. The van der Waals surface area contributed by atoms with Crippen molar-refractivity contribution in [3.63, 3.8) is 0 Å². The maximum absolute atomic E-state index is 5.84. The van der Waals surface area contributed by atoms with Crippen molar-refractivity contribution < 1.29 is 4.84 Å². The van der Waals surface area contributed by atoms with Gasteiger partial charge in [0.1, 0.15) is 5.76 Å². The third-order valence-corrected chi connectivity index (χ3v) is 3.62. The molecule has 2 aliphatic heterocycles. The molecule has 6 nitrogen and oxygen atoms in total. The normalized spacial score (nSPS) is 19.9. The van der Waals surface area contributed by atoms with Gasteiger partial charge < -0.3 is 15.5 Å². The molecule has 0 saturated carbocycles. The van der Waals surface area contributed by atoms with Gasteiger partial charge in [0.15, 0.2) is 0 Å². The minimum atomic E-state index is 0.823. The van der Waals surface area contributed by atoms with E-state index in [1.54, 1.807) is 0 Å². The van der Waals surface area contributed by atoms with Crippen molar-refractivity contribution in [2.24, 2.45) is 0 Å². The van der Waals surface area contributed by atoms with Gasteiger partial charge in [-0.1, -0.05) is 11.7 Å². The van der Waals surface area contributed by atoms with Gasteiger partial charge in [-0.05, 0) is 25.1 Å². The highest BCUT2D eigenvalue weighted by Crippen LogP contribution is 2.19. The van der Waals surface area contributed by atoms with Crippen LogP contribution in [0.2, 0.25) is 0 Å². The van der Waals surface area contributed by atoms with Crippen LogP contribution in [-0.2, 0) is 4.84 Å². The van der Waals surface area contributed by atoms with Crippen molar-refractivity contribution in [2.45, 2.75) is 6.92 Å². The summed E-state index contributed by atoms with van der Waals surface area (Å²) in [6, 6.07) is 8.09. The number of allylic oxidation sites excluding steroid dienone is 1. The second-order valence-electron chi connectivity index (χ2n) is 5.24. The summed E-state index contributed by atoms with van der Waals surface area (Å²) in [6.45, 7) is 6.86. The van der Waals surface area contributed by atoms with Crippen LogP contribution in [-0.4, -0.2) is 42.8 Å². The predicted octanol–water partition coefficient (Wildman–Crippen LogP) is 0.961. The second-order valence-corrected chi connectivity index (χ2v) is 5.24. The lowest BCUT2D eigenvalue weighted by Crippen LogP contribution is -2.50. The molecule has 0 unspecified atom stereocenters. The lowest BCUT2D eigenvalue weighted by atomic mass is 10.2. The van der Waals surface area contributed by atoms with E-state index in [0.717, 1.165) is 44.3 Å². The summed E-state index contributed by atoms with van der Waals surface area (Å²) in [5.74, 6) is 0.892. The molecule has 2 aliphatic rings. The Morgan fingerprint density at radius 3 is 2.70 bits per heavy atom. The molecule has 0 radical (unpaired) electrons. The maximum atomic E-state index is 5.84. The van der Waals surface area contributed by atoms with Crippen molar-refractivity contribution in [1.82, 2.24) is 15.5 Å². The smallest absolute Gasteiger partial charge is 0.141 e. The molecule has 0 bridgehead atoms. The summed E-state index contributed by atoms with van der Waals surface area (Å²) in [5, 5.41) is 1.96. The van der Waals surface area contributed by atoms with Crippen molar-refractivity contribution in [2.75, 3.05) is 43.5 Å². The Hall–Kier alpha value is -1.92. The van der Waals surface area contributed by atoms with Gasteiger partial charge in [0.05, 0.1) is 12.9 Å². The Kier molecular flexibility index (Phi) is 3.66. The maximum Gasteiger partial charge on any atom is 0.141 e. The largest absolute Gasteiger partial charge is 0.399 e. The topological polar surface area (TPSA) is 57.0 Å². The first kappa shape index (κ1) is 13.1. The second kappa shape index (κ2) is 5.60. The molecule has 1 aromatic rings. The predicted molar refractivity (Wildman–Crippen MR) is 79.3 cm³/mol. The number of rotatable bonds is 3. The Bertz CT molecular complexity index is 496. The Labute approximate surface area is 119 Å². The Balaban J connectivity index is 1.52. The number of benzene rings is 1. The molecule has 108 valence electrons. The zero-order chi connectivity index (χ0) is 13.9. The SMILES string of the molecule is CC1=CN(CN2CCN(c3cccc(N)c3)CC2)NO1. The van der Waals surface area contributed by atoms with E-state index in [0.29, 0.717) is 0 Å². The number of hydrogen-bond acceptors (Lipinski definition) is 6. The van der Waals surface area contributed by atoms with Crippen LogP contribution in [0.3, 0.4) is 0 Å². The molecule has 1 aromatic carbocycles. The number of nitrogens with two attached hydrogens (primary N) is 1. The van der Waals surface area contributed by atoms with Crippen LogP contribution >= 0.6 is 0 Å². The van der Waals surface area contributed by atoms with Crippen LogP contribution in [0.4, 0.5) is 11.4 Å². The first-order valence-corrected chi connectivity index (χ1v) is 6.91. The number of anilines is 2. The molecule has 3 N–H and O–H groups in total. The highest BCUT2D eigenvalue weighted by molar-refractivity contribution is 5.56. The molecule has 2 heterocycles. The fraction of sp³-hybridized carbons (Fsp3) is 0.429. The third kappa shape index (κ3) is 2.97. The van der Waals surface area contributed by atoms with Crippen LogP contribution in [0.25, 0.3) is 0 Å². The van der Waals surface area contributed by atoms with E-state index >= 15 is 0 Å². The number of nitrogens with one attached hydrogen (secondary N) is 1. The van der Waals surface area contributed by atoms with E-state index < -0.39 is 0 Å². The molecule has 6 heteroatoms. The van der Waals surface area contributed by atoms with Crippen molar-refractivity contribution in [3.05, 3.63) is 36.2 Å². The average Bonchev–Trinajstić information content (AvgIpc) is 2.85. The molecule has 0 atom stereocenters. The first-order chi connectivity index (χ1) is 9.70. The molecule has 20 heavy (non-hydrogen) atoms. The van der Waals surface area contributed by atoms with Gasteiger partial charge in [-0.25, -0.2) is 0 Å². The van der Waals surface area contributed by atoms with E-state index in [4.69, 9.17) is 10.6 Å². The number of piperazine rings is 1. The average molecular weight is 275 g/mol. The van der Waals surface area contributed by atoms with E-state index in [9.17, 15) is 0 Å². The van der Waals surface area contributed by atoms with Crippen molar-refractivity contribution >= 4 is 11.4 Å². The zero-order valence-corrected chi connectivity index (χ0v) is 11.7. The molecule has 1 saturated heterocycles. The lowest BCUT2D eigenvalue weighted by Gasteiger charge is -2.37. The van der Waals surface area contributed by atoms with E-state index in [1.807, 2.05) is 36.3 Å². The van der Waals surface area contributed by atoms with Gasteiger partial charge in [0, 0.05) is 37.6 Å². The van der Waals surface area contributed by atoms with Crippen LogP contribution in [0.1, 0.15) is 6.92 Å². The molecular formula is C14H21N5O. The summed E-state index contributed by atoms with van der Waals surface area (Å²) in [4.78, 5) is 9.97. The minimum Gasteiger partial charge on any atom is -0.399 e. The van der Waals surface area contributed by atoms with Crippen molar-refractivity contribution in [1.29, 1.82) is 0 Å². The first-order valence-electron chi connectivity index (χ1n) is 6.91. The molecule has 0 aliphatic carbocycles. The number of nitrogens with zero attached hydrogens (tertiary/aromatic N) is 3. The van der Waals surface area contributed by atoms with E-state index in [-0.39, 0.29) is 0 Å². The minimum absolute atomic E-state index is 0.823. The molecule has 1 fully saturated rings. The summed E-state index contributed by atoms with van der Waals surface area (Å²) < 4.78 is 0. The van der Waals surface area contributed by atoms with E-state index in [2.05, 4.69) is 21.5 Å². The van der Waals surface area contributed by atoms with Gasteiger partial charge in [0.2, 0.25) is 0 Å². The van der Waals surface area contributed by atoms with Gasteiger partial charge in [-0.15, -0.1) is 0 Å². The van der Waals surface area contributed by atoms with Gasteiger partial charge in [-0.3, -0.25) is 9.91 Å². The number of nitrogen functional groups attached to an aromatic ring is 1. The van der Waals surface area contributed by atoms with Crippen LogP contribution in [0.15, 0.2) is 36.2 Å². The summed E-state index contributed by atoms with van der Waals surface area (Å²) in [5.41, 5.74) is 10.7. The molecule has 0 amide bonds. The third-order valence-electron chi connectivity index (χ3n) is 3.62. The van der Waals surface area contributed by atoms with Gasteiger partial charge in [-0.2, -0.15) is 0 Å². The highest BCUT2D eigenvalue weighted by Gasteiger charge is 2.20. The van der Waals surface area contributed by atoms with Crippen LogP contribution in [0.5, 0.6) is 0 Å². The highest BCUT2D eigenvalue weighted by atomic mass is 16.7. The lowest BCUT2D eigenvalue weighted by molar-refractivity contribution is -0.00759. The van der Waals surface area contributed by atoms with Gasteiger partial charge in [0.25, 0.3) is 0 Å². The fourth-order valence-electron chi connectivity index (χ4n) is 2.56. The van der Waals surface area contributed by atoms with Crippen molar-refractivity contribution in [3.8, 4) is 0 Å². The van der Waals surface area contributed by atoms with Crippen LogP contribution < -0.4 is 16.2 Å². The molecular weight excluding hydrogens is 254 g/mol. The molecule has 0 aromatic heterocycles.